The van der Waals surface area contributed by atoms with E-state index in [4.69, 9.17) is 4.74 Å². The second-order valence-corrected chi connectivity index (χ2v) is 4.71. The Hall–Kier alpha value is -2.02. The third kappa shape index (κ3) is 3.99. The first-order valence-corrected chi connectivity index (χ1v) is 6.49. The van der Waals surface area contributed by atoms with E-state index in [1.807, 2.05) is 0 Å². The van der Waals surface area contributed by atoms with Gasteiger partial charge in [0.2, 0.25) is 5.13 Å². The predicted molar refractivity (Wildman–Crippen MR) is 69.8 cm³/mol. The average molecular weight is 281 g/mol. The first-order chi connectivity index (χ1) is 9.17. The Bertz CT molecular complexity index is 556. The van der Waals surface area contributed by atoms with E-state index in [0.29, 0.717) is 18.2 Å². The highest BCUT2D eigenvalue weighted by atomic mass is 32.1. The Morgan fingerprint density at radius 1 is 1.37 bits per heavy atom. The number of benzene rings is 1. The molecule has 0 aliphatic carbocycles. The second-order valence-electron chi connectivity index (χ2n) is 3.65. The number of carbonyl (C=O) groups excluding carboxylic acids is 1. The number of amides is 1. The number of rotatable bonds is 4. The van der Waals surface area contributed by atoms with E-state index in [1.54, 1.807) is 19.1 Å². The van der Waals surface area contributed by atoms with Crippen LogP contribution in [-0.4, -0.2) is 22.9 Å². The van der Waals surface area contributed by atoms with Gasteiger partial charge in [-0.05, 0) is 24.6 Å². The Morgan fingerprint density at radius 3 is 2.79 bits per heavy atom. The highest BCUT2D eigenvalue weighted by molar-refractivity contribution is 7.15. The highest BCUT2D eigenvalue weighted by Gasteiger charge is 2.08. The van der Waals surface area contributed by atoms with Gasteiger partial charge in [0.15, 0.2) is 0 Å². The molecule has 1 heterocycles. The van der Waals surface area contributed by atoms with Crippen LogP contribution in [0.25, 0.3) is 0 Å². The van der Waals surface area contributed by atoms with E-state index < -0.39 is 6.09 Å². The van der Waals surface area contributed by atoms with Crippen LogP contribution in [0.2, 0.25) is 0 Å². The first-order valence-electron chi connectivity index (χ1n) is 5.68. The van der Waals surface area contributed by atoms with Gasteiger partial charge in [0.25, 0.3) is 0 Å². The minimum Gasteiger partial charge on any atom is -0.450 e. The normalized spacial score (nSPS) is 10.2. The van der Waals surface area contributed by atoms with Crippen LogP contribution in [0, 0.1) is 5.82 Å². The van der Waals surface area contributed by atoms with Crippen molar-refractivity contribution in [2.45, 2.75) is 13.3 Å². The van der Waals surface area contributed by atoms with Crippen molar-refractivity contribution in [2.75, 3.05) is 11.9 Å². The van der Waals surface area contributed by atoms with Crippen LogP contribution in [0.5, 0.6) is 0 Å². The number of carbonyl (C=O) groups is 1. The van der Waals surface area contributed by atoms with Crippen molar-refractivity contribution in [1.82, 2.24) is 10.2 Å². The molecule has 1 amide bonds. The molecule has 0 fully saturated rings. The van der Waals surface area contributed by atoms with Crippen LogP contribution in [0.4, 0.5) is 14.3 Å². The van der Waals surface area contributed by atoms with Crippen LogP contribution < -0.4 is 5.32 Å². The lowest BCUT2D eigenvalue weighted by molar-refractivity contribution is 0.168. The van der Waals surface area contributed by atoms with Crippen LogP contribution >= 0.6 is 11.3 Å². The molecule has 0 aliphatic rings. The number of hydrogen-bond donors (Lipinski definition) is 1. The lowest BCUT2D eigenvalue weighted by atomic mass is 10.2. The summed E-state index contributed by atoms with van der Waals surface area (Å²) in [7, 11) is 0. The van der Waals surface area contributed by atoms with Gasteiger partial charge in [0, 0.05) is 6.42 Å². The van der Waals surface area contributed by atoms with Crippen molar-refractivity contribution >= 4 is 22.6 Å². The molecule has 0 atom stereocenters. The highest BCUT2D eigenvalue weighted by Crippen LogP contribution is 2.18. The topological polar surface area (TPSA) is 64.1 Å². The summed E-state index contributed by atoms with van der Waals surface area (Å²) in [6, 6.07) is 6.17. The summed E-state index contributed by atoms with van der Waals surface area (Å²) in [5.41, 5.74) is 0.931. The van der Waals surface area contributed by atoms with Gasteiger partial charge in [0.1, 0.15) is 10.8 Å². The van der Waals surface area contributed by atoms with E-state index in [2.05, 4.69) is 15.5 Å². The largest absolute Gasteiger partial charge is 0.450 e. The fourth-order valence-corrected chi connectivity index (χ4v) is 2.17. The van der Waals surface area contributed by atoms with Gasteiger partial charge >= 0.3 is 6.09 Å². The SMILES string of the molecule is CCOC(=O)Nc1nnc(Cc2ccc(F)cc2)s1. The maximum atomic E-state index is 12.8. The molecule has 5 nitrogen and oxygen atoms in total. The van der Waals surface area contributed by atoms with Gasteiger partial charge < -0.3 is 4.74 Å². The van der Waals surface area contributed by atoms with Crippen LogP contribution in [0.3, 0.4) is 0 Å². The number of nitrogens with zero attached hydrogens (tertiary/aromatic N) is 2. The molecule has 0 bridgehead atoms. The van der Waals surface area contributed by atoms with Crippen LogP contribution in [-0.2, 0) is 11.2 Å². The van der Waals surface area contributed by atoms with Crippen molar-refractivity contribution in [1.29, 1.82) is 0 Å². The van der Waals surface area contributed by atoms with Crippen molar-refractivity contribution in [3.8, 4) is 0 Å². The van der Waals surface area contributed by atoms with Gasteiger partial charge in [-0.3, -0.25) is 5.32 Å². The molecular formula is C12H12FN3O2S. The molecule has 0 saturated carbocycles. The summed E-state index contributed by atoms with van der Waals surface area (Å²) in [5.74, 6) is -0.273. The maximum absolute atomic E-state index is 12.8. The third-order valence-electron chi connectivity index (χ3n) is 2.22. The smallest absolute Gasteiger partial charge is 0.413 e. The molecule has 1 aromatic heterocycles. The molecule has 0 aliphatic heterocycles. The minimum atomic E-state index is -0.549. The Kier molecular flexibility index (Phi) is 4.40. The van der Waals surface area contributed by atoms with Crippen LogP contribution in [0.1, 0.15) is 17.5 Å². The molecule has 0 radical (unpaired) electrons. The van der Waals surface area contributed by atoms with Gasteiger partial charge in [-0.2, -0.15) is 0 Å². The zero-order valence-corrected chi connectivity index (χ0v) is 11.0. The summed E-state index contributed by atoms with van der Waals surface area (Å²) in [6.45, 7) is 2.02. The molecule has 100 valence electrons. The van der Waals surface area contributed by atoms with Crippen molar-refractivity contribution in [3.63, 3.8) is 0 Å². The zero-order valence-electron chi connectivity index (χ0n) is 10.2. The Balaban J connectivity index is 1.97. The summed E-state index contributed by atoms with van der Waals surface area (Å²) >= 11 is 1.26. The molecule has 7 heteroatoms. The average Bonchev–Trinajstić information content (AvgIpc) is 2.80. The summed E-state index contributed by atoms with van der Waals surface area (Å²) in [6.07, 6.45) is -0.00499. The molecule has 0 spiro atoms. The number of nitrogens with one attached hydrogen (secondary N) is 1. The summed E-state index contributed by atoms with van der Waals surface area (Å²) in [4.78, 5) is 11.2. The Morgan fingerprint density at radius 2 is 2.11 bits per heavy atom. The fourth-order valence-electron chi connectivity index (χ4n) is 1.41. The van der Waals surface area contributed by atoms with Crippen molar-refractivity contribution < 1.29 is 13.9 Å². The molecule has 1 N–H and O–H groups in total. The quantitative estimate of drug-likeness (QED) is 0.936. The molecule has 19 heavy (non-hydrogen) atoms. The second kappa shape index (κ2) is 6.24. The lowest BCUT2D eigenvalue weighted by Gasteiger charge is -1.99. The van der Waals surface area contributed by atoms with E-state index >= 15 is 0 Å². The summed E-state index contributed by atoms with van der Waals surface area (Å²) in [5, 5.41) is 11.4. The number of ether oxygens (including phenoxy) is 1. The van der Waals surface area contributed by atoms with Gasteiger partial charge in [-0.25, -0.2) is 9.18 Å². The molecule has 2 aromatic rings. The molecule has 1 aromatic carbocycles. The Labute approximate surface area is 113 Å². The third-order valence-corrected chi connectivity index (χ3v) is 3.06. The predicted octanol–water partition coefficient (Wildman–Crippen LogP) is 2.84. The lowest BCUT2D eigenvalue weighted by Crippen LogP contribution is -2.12. The number of hydrogen-bond acceptors (Lipinski definition) is 5. The van der Waals surface area contributed by atoms with Crippen molar-refractivity contribution in [2.24, 2.45) is 0 Å². The molecule has 0 saturated heterocycles. The van der Waals surface area contributed by atoms with E-state index in [1.165, 1.54) is 23.5 Å². The maximum Gasteiger partial charge on any atom is 0.413 e. The van der Waals surface area contributed by atoms with E-state index in [-0.39, 0.29) is 5.82 Å². The zero-order chi connectivity index (χ0) is 13.7. The monoisotopic (exact) mass is 281 g/mol. The molecular weight excluding hydrogens is 269 g/mol. The molecule has 2 rings (SSSR count). The molecule has 0 unspecified atom stereocenters. The number of halogens is 1. The fraction of sp³-hybridized carbons (Fsp3) is 0.250. The number of aromatic nitrogens is 2. The van der Waals surface area contributed by atoms with Gasteiger partial charge in [0.05, 0.1) is 6.61 Å². The van der Waals surface area contributed by atoms with E-state index in [0.717, 1.165) is 10.6 Å². The summed E-state index contributed by atoms with van der Waals surface area (Å²) < 4.78 is 17.5. The van der Waals surface area contributed by atoms with E-state index in [9.17, 15) is 9.18 Å². The first kappa shape index (κ1) is 13.4. The van der Waals surface area contributed by atoms with Gasteiger partial charge in [-0.15, -0.1) is 10.2 Å². The number of anilines is 1. The van der Waals surface area contributed by atoms with Gasteiger partial charge in [-0.1, -0.05) is 23.5 Å². The standard InChI is InChI=1S/C12H12FN3O2S/c1-2-18-12(17)14-11-16-15-10(19-11)7-8-3-5-9(13)6-4-8/h3-6H,2,7H2,1H3,(H,14,16,17). The van der Waals surface area contributed by atoms with Crippen LogP contribution in [0.15, 0.2) is 24.3 Å². The van der Waals surface area contributed by atoms with Crippen molar-refractivity contribution in [3.05, 3.63) is 40.7 Å². The minimum absolute atomic E-state index is 0.273.